The Labute approximate surface area is 116 Å². The minimum atomic E-state index is 0.614. The molecule has 1 heterocycles. The molecule has 2 aromatic rings. The second-order valence-electron chi connectivity index (χ2n) is 3.86. The van der Waals surface area contributed by atoms with E-state index in [0.29, 0.717) is 13.2 Å². The highest BCUT2D eigenvalue weighted by Gasteiger charge is 2.10. The van der Waals surface area contributed by atoms with E-state index in [2.05, 4.69) is 15.5 Å². The molecule has 0 unspecified atom stereocenters. The van der Waals surface area contributed by atoms with E-state index in [1.807, 2.05) is 32.0 Å². The summed E-state index contributed by atoms with van der Waals surface area (Å²) in [6.07, 6.45) is 0. The van der Waals surface area contributed by atoms with Crippen molar-refractivity contribution in [2.24, 2.45) is 0 Å². The number of benzene rings is 1. The fraction of sp³-hybridized carbons (Fsp3) is 0.385. The van der Waals surface area contributed by atoms with Crippen molar-refractivity contribution in [3.05, 3.63) is 28.8 Å². The summed E-state index contributed by atoms with van der Waals surface area (Å²) in [5.74, 6) is 1.52. The number of ether oxygens (including phenoxy) is 2. The van der Waals surface area contributed by atoms with Crippen molar-refractivity contribution in [2.45, 2.75) is 20.4 Å². The topological polar surface area (TPSA) is 56.3 Å². The van der Waals surface area contributed by atoms with E-state index >= 15 is 0 Å². The van der Waals surface area contributed by atoms with Gasteiger partial charge in [0, 0.05) is 12.1 Å². The van der Waals surface area contributed by atoms with Crippen molar-refractivity contribution in [1.82, 2.24) is 10.2 Å². The molecule has 0 bridgehead atoms. The van der Waals surface area contributed by atoms with E-state index in [-0.39, 0.29) is 0 Å². The van der Waals surface area contributed by atoms with Crippen LogP contribution in [0.5, 0.6) is 11.5 Å². The highest BCUT2D eigenvalue weighted by Crippen LogP contribution is 2.31. The molecular formula is C13H17N3O2S. The van der Waals surface area contributed by atoms with E-state index < -0.39 is 0 Å². The Morgan fingerprint density at radius 1 is 1.32 bits per heavy atom. The lowest BCUT2D eigenvalue weighted by atomic mass is 10.2. The molecule has 1 N–H and O–H groups in total. The first kappa shape index (κ1) is 13.6. The number of hydrogen-bond acceptors (Lipinski definition) is 6. The van der Waals surface area contributed by atoms with Crippen LogP contribution in [-0.4, -0.2) is 23.9 Å². The molecular weight excluding hydrogens is 262 g/mol. The van der Waals surface area contributed by atoms with Gasteiger partial charge in [-0.3, -0.25) is 0 Å². The molecule has 0 atom stereocenters. The third kappa shape index (κ3) is 3.35. The predicted octanol–water partition coefficient (Wildman–Crippen LogP) is 2.87. The van der Waals surface area contributed by atoms with Gasteiger partial charge in [-0.2, -0.15) is 0 Å². The van der Waals surface area contributed by atoms with Gasteiger partial charge in [0.15, 0.2) is 11.5 Å². The van der Waals surface area contributed by atoms with Gasteiger partial charge >= 0.3 is 0 Å². The lowest BCUT2D eigenvalue weighted by Crippen LogP contribution is -2.03. The van der Waals surface area contributed by atoms with Crippen LogP contribution in [0.2, 0.25) is 0 Å². The molecule has 102 valence electrons. The molecule has 2 rings (SSSR count). The number of rotatable bonds is 6. The van der Waals surface area contributed by atoms with Crippen LogP contribution in [0.1, 0.15) is 17.5 Å². The summed E-state index contributed by atoms with van der Waals surface area (Å²) in [6, 6.07) is 5.86. The molecule has 19 heavy (non-hydrogen) atoms. The Morgan fingerprint density at radius 3 is 2.79 bits per heavy atom. The molecule has 1 aromatic carbocycles. The number of aromatic nitrogens is 2. The van der Waals surface area contributed by atoms with Crippen LogP contribution >= 0.6 is 11.3 Å². The van der Waals surface area contributed by atoms with E-state index in [4.69, 9.17) is 9.47 Å². The fourth-order valence-electron chi connectivity index (χ4n) is 1.74. The van der Waals surface area contributed by atoms with Crippen molar-refractivity contribution in [2.75, 3.05) is 19.0 Å². The first-order valence-corrected chi connectivity index (χ1v) is 6.89. The third-order valence-corrected chi connectivity index (χ3v) is 3.32. The minimum Gasteiger partial charge on any atom is -0.493 e. The molecule has 5 nitrogen and oxygen atoms in total. The van der Waals surface area contributed by atoms with E-state index in [9.17, 15) is 0 Å². The van der Waals surface area contributed by atoms with Gasteiger partial charge in [0.1, 0.15) is 5.01 Å². The van der Waals surface area contributed by atoms with Gasteiger partial charge in [-0.15, -0.1) is 10.2 Å². The summed E-state index contributed by atoms with van der Waals surface area (Å²) in [6.45, 7) is 5.12. The molecule has 0 fully saturated rings. The summed E-state index contributed by atoms with van der Waals surface area (Å²) >= 11 is 1.53. The first-order valence-electron chi connectivity index (χ1n) is 6.07. The normalized spacial score (nSPS) is 10.3. The number of aryl methyl sites for hydroxylation is 1. The monoisotopic (exact) mass is 279 g/mol. The number of hydrogen-bond donors (Lipinski definition) is 1. The molecule has 6 heteroatoms. The number of anilines is 1. The van der Waals surface area contributed by atoms with Crippen LogP contribution in [0, 0.1) is 6.92 Å². The third-order valence-electron chi connectivity index (χ3n) is 2.52. The quantitative estimate of drug-likeness (QED) is 0.881. The van der Waals surface area contributed by atoms with Crippen molar-refractivity contribution in [3.63, 3.8) is 0 Å². The number of methoxy groups -OCH3 is 1. The average Bonchev–Trinajstić information content (AvgIpc) is 2.83. The van der Waals surface area contributed by atoms with Crippen LogP contribution in [0.4, 0.5) is 5.13 Å². The molecule has 0 aliphatic heterocycles. The van der Waals surface area contributed by atoms with Gasteiger partial charge in [0.2, 0.25) is 5.13 Å². The Bertz CT molecular complexity index is 542. The lowest BCUT2D eigenvalue weighted by Gasteiger charge is -2.13. The first-order chi connectivity index (χ1) is 9.24. The molecule has 0 spiro atoms. The lowest BCUT2D eigenvalue weighted by molar-refractivity contribution is 0.309. The van der Waals surface area contributed by atoms with Crippen molar-refractivity contribution in [1.29, 1.82) is 0 Å². The van der Waals surface area contributed by atoms with Crippen molar-refractivity contribution >= 4 is 16.5 Å². The van der Waals surface area contributed by atoms with Crippen LogP contribution in [0.15, 0.2) is 18.2 Å². The Morgan fingerprint density at radius 2 is 2.16 bits per heavy atom. The average molecular weight is 279 g/mol. The summed E-state index contributed by atoms with van der Waals surface area (Å²) in [5.41, 5.74) is 1.03. The number of para-hydroxylation sites is 1. The second-order valence-corrected chi connectivity index (χ2v) is 5.04. The van der Waals surface area contributed by atoms with Crippen LogP contribution in [0.25, 0.3) is 0 Å². The Kier molecular flexibility index (Phi) is 4.57. The van der Waals surface area contributed by atoms with E-state index in [1.165, 1.54) is 11.3 Å². The van der Waals surface area contributed by atoms with Crippen molar-refractivity contribution < 1.29 is 9.47 Å². The predicted molar refractivity (Wildman–Crippen MR) is 76.1 cm³/mol. The maximum absolute atomic E-state index is 5.55. The molecule has 0 aliphatic carbocycles. The summed E-state index contributed by atoms with van der Waals surface area (Å²) in [7, 11) is 1.65. The highest BCUT2D eigenvalue weighted by atomic mass is 32.1. The van der Waals surface area contributed by atoms with Gasteiger partial charge in [-0.25, -0.2) is 0 Å². The molecule has 0 aliphatic rings. The van der Waals surface area contributed by atoms with Gasteiger partial charge in [-0.1, -0.05) is 23.5 Å². The zero-order valence-corrected chi connectivity index (χ0v) is 12.1. The van der Waals surface area contributed by atoms with Gasteiger partial charge < -0.3 is 14.8 Å². The minimum absolute atomic E-state index is 0.614. The number of nitrogens with one attached hydrogen (secondary N) is 1. The molecule has 0 radical (unpaired) electrons. The maximum atomic E-state index is 5.55. The zero-order valence-electron chi connectivity index (χ0n) is 11.3. The van der Waals surface area contributed by atoms with Crippen molar-refractivity contribution in [3.8, 4) is 11.5 Å². The van der Waals surface area contributed by atoms with Gasteiger partial charge in [0.25, 0.3) is 0 Å². The Balaban J connectivity index is 2.13. The summed E-state index contributed by atoms with van der Waals surface area (Å²) in [4.78, 5) is 0. The van der Waals surface area contributed by atoms with Gasteiger partial charge in [-0.05, 0) is 19.9 Å². The smallest absolute Gasteiger partial charge is 0.205 e. The van der Waals surface area contributed by atoms with E-state index in [0.717, 1.165) is 27.2 Å². The molecule has 0 saturated carbocycles. The zero-order chi connectivity index (χ0) is 13.7. The van der Waals surface area contributed by atoms with Crippen LogP contribution in [0.3, 0.4) is 0 Å². The Hall–Kier alpha value is -1.82. The van der Waals surface area contributed by atoms with E-state index in [1.54, 1.807) is 7.11 Å². The fourth-order valence-corrected chi connectivity index (χ4v) is 2.33. The van der Waals surface area contributed by atoms with Crippen LogP contribution < -0.4 is 14.8 Å². The molecule has 0 amide bonds. The molecule has 0 saturated heterocycles. The maximum Gasteiger partial charge on any atom is 0.205 e. The summed E-state index contributed by atoms with van der Waals surface area (Å²) < 4.78 is 11.0. The van der Waals surface area contributed by atoms with Gasteiger partial charge in [0.05, 0.1) is 13.7 Å². The standard InChI is InChI=1S/C13H17N3O2S/c1-4-18-11-7-5-6-10(12(11)17-3)8-14-13-16-15-9(2)19-13/h5-7H,4,8H2,1-3H3,(H,14,16). The highest BCUT2D eigenvalue weighted by molar-refractivity contribution is 7.15. The second kappa shape index (κ2) is 6.38. The SMILES string of the molecule is CCOc1cccc(CNc2nnc(C)s2)c1OC. The molecule has 1 aromatic heterocycles. The van der Waals surface area contributed by atoms with Crippen LogP contribution in [-0.2, 0) is 6.54 Å². The number of nitrogens with zero attached hydrogens (tertiary/aromatic N) is 2. The largest absolute Gasteiger partial charge is 0.493 e. The summed E-state index contributed by atoms with van der Waals surface area (Å²) in [5, 5.41) is 13.0.